The average molecular weight is 508 g/mol. The van der Waals surface area contributed by atoms with Gasteiger partial charge < -0.3 is 19.9 Å². The average Bonchev–Trinajstić information content (AvgIpc) is 2.76. The lowest BCUT2D eigenvalue weighted by molar-refractivity contribution is -0.171. The van der Waals surface area contributed by atoms with Gasteiger partial charge in [-0.1, -0.05) is 60.7 Å². The van der Waals surface area contributed by atoms with E-state index in [-0.39, 0.29) is 6.42 Å². The van der Waals surface area contributed by atoms with Crippen LogP contribution in [0.1, 0.15) is 71.9 Å². The minimum absolute atomic E-state index is 0.0869. The Kier molecular flexibility index (Phi) is 8.53. The molecule has 0 amide bonds. The largest absolute Gasteiger partial charge is 0.460 e. The summed E-state index contributed by atoms with van der Waals surface area (Å²) in [5.41, 5.74) is -0.117. The summed E-state index contributed by atoms with van der Waals surface area (Å²) in [5.74, 6) is -2.81. The quantitative estimate of drug-likeness (QED) is 0.494. The van der Waals surface area contributed by atoms with Gasteiger partial charge in [-0.2, -0.15) is 0 Å². The van der Waals surface area contributed by atoms with Crippen LogP contribution in [0.4, 0.5) is 0 Å². The lowest BCUT2D eigenvalue weighted by atomic mass is 9.65. The minimum Gasteiger partial charge on any atom is -0.460 e. The molecule has 0 heterocycles. The fraction of sp³-hybridized carbons (Fsp3) is 0.484. The Balaban J connectivity index is 2.12. The molecule has 0 radical (unpaired) electrons. The smallest absolute Gasteiger partial charge is 0.336 e. The molecule has 2 aromatic carbocycles. The van der Waals surface area contributed by atoms with Crippen LogP contribution in [0.3, 0.4) is 0 Å². The molecule has 2 aromatic rings. The molecule has 0 fully saturated rings. The van der Waals surface area contributed by atoms with Gasteiger partial charge in [-0.05, 0) is 66.0 Å². The number of carbonyl (C=O) groups excluding carboxylic acids is 2. The van der Waals surface area contributed by atoms with Gasteiger partial charge in [0.15, 0.2) is 0 Å². The molecule has 6 heteroatoms. The van der Waals surface area contributed by atoms with Crippen LogP contribution in [-0.4, -0.2) is 40.4 Å². The van der Waals surface area contributed by atoms with Gasteiger partial charge >= 0.3 is 11.9 Å². The van der Waals surface area contributed by atoms with E-state index in [1.165, 1.54) is 0 Å². The van der Waals surface area contributed by atoms with E-state index < -0.39 is 40.6 Å². The first-order chi connectivity index (χ1) is 17.2. The number of ether oxygens (including phenoxy) is 2. The first-order valence-corrected chi connectivity index (χ1v) is 12.9. The Morgan fingerprint density at radius 3 is 2.00 bits per heavy atom. The number of aliphatic hydroxyl groups is 1. The number of carbonyl (C=O) groups is 2. The van der Waals surface area contributed by atoms with Crippen molar-refractivity contribution in [2.75, 3.05) is 6.54 Å². The van der Waals surface area contributed by atoms with Crippen molar-refractivity contribution in [2.24, 2.45) is 5.92 Å². The molecule has 0 bridgehead atoms. The van der Waals surface area contributed by atoms with Crippen LogP contribution in [0.5, 0.6) is 0 Å². The number of hydrogen-bond donors (Lipinski definition) is 2. The summed E-state index contributed by atoms with van der Waals surface area (Å²) in [6.07, 6.45) is 0.823. The van der Waals surface area contributed by atoms with Gasteiger partial charge in [0.25, 0.3) is 0 Å². The Morgan fingerprint density at radius 1 is 0.919 bits per heavy atom. The second-order valence-electron chi connectivity index (χ2n) is 12.0. The SMILES string of the molecule is CC(C)(C)OC(=O)C1=C(NCCc2ccccc2)C[C@](C)(O)[C@H](C(=O)OC(C)(C)C)[C@@H]1c1ccccc1. The normalized spacial score (nSPS) is 22.4. The highest BCUT2D eigenvalue weighted by Gasteiger charge is 2.53. The van der Waals surface area contributed by atoms with Gasteiger partial charge in [-0.15, -0.1) is 0 Å². The number of rotatable bonds is 7. The van der Waals surface area contributed by atoms with Gasteiger partial charge in [0, 0.05) is 24.6 Å². The Bertz CT molecular complexity index is 1110. The molecule has 1 aliphatic rings. The van der Waals surface area contributed by atoms with E-state index in [4.69, 9.17) is 9.47 Å². The zero-order valence-corrected chi connectivity index (χ0v) is 23.1. The van der Waals surface area contributed by atoms with E-state index in [2.05, 4.69) is 5.32 Å². The molecule has 1 aliphatic carbocycles. The molecular weight excluding hydrogens is 466 g/mol. The predicted molar refractivity (Wildman–Crippen MR) is 145 cm³/mol. The van der Waals surface area contributed by atoms with Crippen LogP contribution < -0.4 is 5.32 Å². The summed E-state index contributed by atoms with van der Waals surface area (Å²) < 4.78 is 11.6. The summed E-state index contributed by atoms with van der Waals surface area (Å²) in [7, 11) is 0. The second kappa shape index (κ2) is 11.1. The van der Waals surface area contributed by atoms with Gasteiger partial charge in [0.2, 0.25) is 0 Å². The fourth-order valence-corrected chi connectivity index (χ4v) is 4.79. The van der Waals surface area contributed by atoms with Crippen LogP contribution in [-0.2, 0) is 25.5 Å². The Labute approximate surface area is 221 Å². The van der Waals surface area contributed by atoms with E-state index >= 15 is 0 Å². The van der Waals surface area contributed by atoms with Crippen LogP contribution in [0.25, 0.3) is 0 Å². The Hall–Kier alpha value is -3.12. The molecule has 3 atom stereocenters. The second-order valence-corrected chi connectivity index (χ2v) is 12.0. The number of benzene rings is 2. The third kappa shape index (κ3) is 7.68. The zero-order chi connectivity index (χ0) is 27.4. The highest BCUT2D eigenvalue weighted by Crippen LogP contribution is 2.48. The summed E-state index contributed by atoms with van der Waals surface area (Å²) in [5, 5.41) is 15.1. The summed E-state index contributed by atoms with van der Waals surface area (Å²) in [4.78, 5) is 27.3. The van der Waals surface area contributed by atoms with Crippen molar-refractivity contribution in [2.45, 2.75) is 84.0 Å². The predicted octanol–water partition coefficient (Wildman–Crippen LogP) is 5.31. The number of hydrogen-bond acceptors (Lipinski definition) is 6. The van der Waals surface area contributed by atoms with Gasteiger partial charge in [0.05, 0.1) is 17.1 Å². The lowest BCUT2D eigenvalue weighted by Gasteiger charge is -2.44. The first-order valence-electron chi connectivity index (χ1n) is 12.9. The van der Waals surface area contributed by atoms with Crippen molar-refractivity contribution in [1.82, 2.24) is 5.32 Å². The van der Waals surface area contributed by atoms with Crippen LogP contribution in [0.2, 0.25) is 0 Å². The molecule has 0 saturated heterocycles. The van der Waals surface area contributed by atoms with Crippen molar-refractivity contribution < 1.29 is 24.2 Å². The van der Waals surface area contributed by atoms with Crippen molar-refractivity contribution in [1.29, 1.82) is 0 Å². The molecule has 3 rings (SSSR count). The van der Waals surface area contributed by atoms with Crippen molar-refractivity contribution in [3.05, 3.63) is 83.1 Å². The third-order valence-corrected chi connectivity index (χ3v) is 6.21. The third-order valence-electron chi connectivity index (χ3n) is 6.21. The van der Waals surface area contributed by atoms with E-state index in [9.17, 15) is 14.7 Å². The summed E-state index contributed by atoms with van der Waals surface area (Å²) in [6.45, 7) is 13.0. The lowest BCUT2D eigenvalue weighted by Crippen LogP contribution is -2.52. The molecule has 37 heavy (non-hydrogen) atoms. The fourth-order valence-electron chi connectivity index (χ4n) is 4.79. The maximum absolute atomic E-state index is 13.8. The van der Waals surface area contributed by atoms with Crippen LogP contribution in [0, 0.1) is 5.92 Å². The maximum Gasteiger partial charge on any atom is 0.336 e. The highest BCUT2D eigenvalue weighted by molar-refractivity contribution is 5.94. The van der Waals surface area contributed by atoms with Gasteiger partial charge in [-0.3, -0.25) is 4.79 Å². The maximum atomic E-state index is 13.8. The topological polar surface area (TPSA) is 84.9 Å². The summed E-state index contributed by atoms with van der Waals surface area (Å²) >= 11 is 0. The number of esters is 2. The molecule has 0 unspecified atom stereocenters. The summed E-state index contributed by atoms with van der Waals surface area (Å²) in [6, 6.07) is 19.4. The molecule has 0 aliphatic heterocycles. The molecule has 0 spiro atoms. The van der Waals surface area contributed by atoms with Crippen molar-refractivity contribution in [3.8, 4) is 0 Å². The van der Waals surface area contributed by atoms with Gasteiger partial charge in [0.1, 0.15) is 11.2 Å². The number of nitrogens with one attached hydrogen (secondary N) is 1. The molecule has 0 saturated carbocycles. The van der Waals surface area contributed by atoms with E-state index in [0.29, 0.717) is 17.8 Å². The standard InChI is InChI=1S/C31H41NO5/c1-29(2,3)36-27(33)25-23(32-19-18-21-14-10-8-11-15-21)20-31(7,35)26(28(34)37-30(4,5)6)24(25)22-16-12-9-13-17-22/h8-17,24,26,32,35H,18-20H2,1-7H3/t24-,26+,31+/m1/s1. The van der Waals surface area contributed by atoms with E-state index in [1.807, 2.05) is 81.4 Å². The van der Waals surface area contributed by atoms with Gasteiger partial charge in [-0.25, -0.2) is 4.79 Å². The molecule has 200 valence electrons. The van der Waals surface area contributed by atoms with Crippen molar-refractivity contribution >= 4 is 11.9 Å². The Morgan fingerprint density at radius 2 is 1.46 bits per heavy atom. The van der Waals surface area contributed by atoms with E-state index in [0.717, 1.165) is 17.5 Å². The molecule has 6 nitrogen and oxygen atoms in total. The van der Waals surface area contributed by atoms with Crippen LogP contribution in [0.15, 0.2) is 71.9 Å². The molecular formula is C31H41NO5. The van der Waals surface area contributed by atoms with Crippen molar-refractivity contribution in [3.63, 3.8) is 0 Å². The monoisotopic (exact) mass is 507 g/mol. The van der Waals surface area contributed by atoms with E-state index in [1.54, 1.807) is 27.7 Å². The first kappa shape index (κ1) is 28.5. The van der Waals surface area contributed by atoms with Crippen LogP contribution >= 0.6 is 0 Å². The minimum atomic E-state index is -1.47. The molecule has 2 N–H and O–H groups in total. The molecule has 0 aromatic heterocycles. The highest BCUT2D eigenvalue weighted by atomic mass is 16.6. The zero-order valence-electron chi connectivity index (χ0n) is 23.1.